The molecule has 1 heterocycles. The van der Waals surface area contributed by atoms with Crippen LogP contribution in [0.25, 0.3) is 0 Å². The van der Waals surface area contributed by atoms with Gasteiger partial charge in [-0.3, -0.25) is 9.48 Å². The van der Waals surface area contributed by atoms with Crippen molar-refractivity contribution in [3.05, 3.63) is 41.5 Å². The molecule has 0 bridgehead atoms. The van der Waals surface area contributed by atoms with Gasteiger partial charge in [-0.25, -0.2) is 4.39 Å². The third-order valence-electron chi connectivity index (χ3n) is 2.80. The average molecular weight is 262 g/mol. The van der Waals surface area contributed by atoms with Gasteiger partial charge < -0.3 is 11.1 Å². The maximum atomic E-state index is 13.1. The Morgan fingerprint density at radius 3 is 2.89 bits per heavy atom. The summed E-state index contributed by atoms with van der Waals surface area (Å²) < 4.78 is 14.7. The van der Waals surface area contributed by atoms with Gasteiger partial charge in [0.05, 0.1) is 11.9 Å². The molecule has 0 aliphatic carbocycles. The molecular formula is C13H15FN4O. The van der Waals surface area contributed by atoms with Gasteiger partial charge in [0.1, 0.15) is 11.5 Å². The van der Waals surface area contributed by atoms with E-state index in [0.29, 0.717) is 29.2 Å². The van der Waals surface area contributed by atoms with E-state index in [2.05, 4.69) is 10.4 Å². The van der Waals surface area contributed by atoms with Gasteiger partial charge in [-0.05, 0) is 37.6 Å². The zero-order chi connectivity index (χ0) is 14.0. The number of anilines is 2. The van der Waals surface area contributed by atoms with Crippen molar-refractivity contribution in [2.24, 2.45) is 0 Å². The Kier molecular flexibility index (Phi) is 3.50. The van der Waals surface area contributed by atoms with Crippen molar-refractivity contribution in [1.82, 2.24) is 9.78 Å². The van der Waals surface area contributed by atoms with Crippen LogP contribution in [0.4, 0.5) is 15.8 Å². The predicted octanol–water partition coefficient (Wildman–Crippen LogP) is 2.19. The SMILES string of the molecule is CCn1ncc(N)c1C(=O)Nc1ccc(F)c(C)c1. The number of rotatable bonds is 3. The Hall–Kier alpha value is -2.37. The molecule has 0 saturated carbocycles. The molecule has 0 fully saturated rings. The summed E-state index contributed by atoms with van der Waals surface area (Å²) in [6.07, 6.45) is 1.44. The van der Waals surface area contributed by atoms with Crippen molar-refractivity contribution in [2.75, 3.05) is 11.1 Å². The zero-order valence-corrected chi connectivity index (χ0v) is 10.8. The fourth-order valence-electron chi connectivity index (χ4n) is 1.80. The summed E-state index contributed by atoms with van der Waals surface area (Å²) in [5.41, 5.74) is 7.34. The standard InChI is InChI=1S/C13H15FN4O/c1-3-18-12(11(15)7-16-18)13(19)17-9-4-5-10(14)8(2)6-9/h4-7H,3,15H2,1-2H3,(H,17,19). The highest BCUT2D eigenvalue weighted by molar-refractivity contribution is 6.06. The molecule has 3 N–H and O–H groups in total. The monoisotopic (exact) mass is 262 g/mol. The summed E-state index contributed by atoms with van der Waals surface area (Å²) in [6.45, 7) is 4.04. The van der Waals surface area contributed by atoms with Crippen LogP contribution in [0.1, 0.15) is 23.0 Å². The second-order valence-electron chi connectivity index (χ2n) is 4.18. The maximum Gasteiger partial charge on any atom is 0.276 e. The number of carbonyl (C=O) groups excluding carboxylic acids is 1. The second kappa shape index (κ2) is 5.09. The van der Waals surface area contributed by atoms with E-state index in [1.54, 1.807) is 13.0 Å². The highest BCUT2D eigenvalue weighted by atomic mass is 19.1. The van der Waals surface area contributed by atoms with E-state index in [9.17, 15) is 9.18 Å². The lowest BCUT2D eigenvalue weighted by Crippen LogP contribution is -2.18. The molecule has 1 aromatic carbocycles. The molecule has 2 aromatic rings. The first-order valence-electron chi connectivity index (χ1n) is 5.91. The number of aromatic nitrogens is 2. The summed E-state index contributed by atoms with van der Waals surface area (Å²) in [4.78, 5) is 12.1. The van der Waals surface area contributed by atoms with Gasteiger partial charge in [-0.1, -0.05) is 0 Å². The number of benzene rings is 1. The maximum absolute atomic E-state index is 13.1. The van der Waals surface area contributed by atoms with Crippen molar-refractivity contribution >= 4 is 17.3 Å². The summed E-state index contributed by atoms with van der Waals surface area (Å²) in [5.74, 6) is -0.668. The molecule has 5 nitrogen and oxygen atoms in total. The number of amides is 1. The van der Waals surface area contributed by atoms with E-state index < -0.39 is 0 Å². The lowest BCUT2D eigenvalue weighted by atomic mass is 10.2. The second-order valence-corrected chi connectivity index (χ2v) is 4.18. The minimum absolute atomic E-state index is 0.309. The molecule has 0 saturated heterocycles. The van der Waals surface area contributed by atoms with Gasteiger partial charge in [0.15, 0.2) is 0 Å². The summed E-state index contributed by atoms with van der Waals surface area (Å²) in [7, 11) is 0. The molecule has 100 valence electrons. The molecule has 19 heavy (non-hydrogen) atoms. The number of hydrogen-bond donors (Lipinski definition) is 2. The fourth-order valence-corrected chi connectivity index (χ4v) is 1.80. The van der Waals surface area contributed by atoms with Crippen molar-refractivity contribution < 1.29 is 9.18 Å². The smallest absolute Gasteiger partial charge is 0.276 e. The average Bonchev–Trinajstić information content (AvgIpc) is 2.75. The van der Waals surface area contributed by atoms with Gasteiger partial charge in [0.25, 0.3) is 5.91 Å². The normalized spacial score (nSPS) is 10.5. The number of nitrogen functional groups attached to an aromatic ring is 1. The first kappa shape index (κ1) is 13.1. The van der Waals surface area contributed by atoms with Crippen molar-refractivity contribution in [3.8, 4) is 0 Å². The number of nitrogens with two attached hydrogens (primary N) is 1. The minimum atomic E-state index is -0.358. The molecule has 0 spiro atoms. The van der Waals surface area contributed by atoms with Crippen LogP contribution >= 0.6 is 0 Å². The first-order chi connectivity index (χ1) is 9.02. The molecule has 1 amide bonds. The summed E-state index contributed by atoms with van der Waals surface area (Å²) in [6, 6.07) is 4.38. The Balaban J connectivity index is 2.25. The fraction of sp³-hybridized carbons (Fsp3) is 0.231. The van der Waals surface area contributed by atoms with Gasteiger partial charge >= 0.3 is 0 Å². The number of nitrogens with one attached hydrogen (secondary N) is 1. The van der Waals surface area contributed by atoms with E-state index in [4.69, 9.17) is 5.73 Å². The van der Waals surface area contributed by atoms with Gasteiger partial charge in [0.2, 0.25) is 0 Å². The molecule has 0 unspecified atom stereocenters. The van der Waals surface area contributed by atoms with Crippen LogP contribution in [0, 0.1) is 12.7 Å². The highest BCUT2D eigenvalue weighted by Gasteiger charge is 2.16. The van der Waals surface area contributed by atoms with Crippen molar-refractivity contribution in [1.29, 1.82) is 0 Å². The molecule has 6 heteroatoms. The predicted molar refractivity (Wildman–Crippen MR) is 71.4 cm³/mol. The Bertz CT molecular complexity index is 621. The zero-order valence-electron chi connectivity index (χ0n) is 10.8. The number of halogens is 1. The first-order valence-corrected chi connectivity index (χ1v) is 5.91. The number of carbonyl (C=O) groups is 1. The van der Waals surface area contributed by atoms with Gasteiger partial charge in [0, 0.05) is 12.2 Å². The van der Waals surface area contributed by atoms with Crippen LogP contribution in [0.5, 0.6) is 0 Å². The van der Waals surface area contributed by atoms with Crippen LogP contribution in [0.3, 0.4) is 0 Å². The van der Waals surface area contributed by atoms with E-state index in [0.717, 1.165) is 0 Å². The van der Waals surface area contributed by atoms with Crippen LogP contribution < -0.4 is 11.1 Å². The minimum Gasteiger partial charge on any atom is -0.396 e. The lowest BCUT2D eigenvalue weighted by molar-refractivity contribution is 0.101. The molecule has 0 radical (unpaired) electrons. The number of aryl methyl sites for hydroxylation is 2. The topological polar surface area (TPSA) is 72.9 Å². The van der Waals surface area contributed by atoms with E-state index in [-0.39, 0.29) is 11.7 Å². The highest BCUT2D eigenvalue weighted by Crippen LogP contribution is 2.17. The van der Waals surface area contributed by atoms with Crippen molar-refractivity contribution in [2.45, 2.75) is 20.4 Å². The van der Waals surface area contributed by atoms with E-state index in [1.807, 2.05) is 6.92 Å². The third kappa shape index (κ3) is 2.57. The molecule has 0 aliphatic rings. The van der Waals surface area contributed by atoms with E-state index >= 15 is 0 Å². The summed E-state index contributed by atoms with van der Waals surface area (Å²) in [5, 5.41) is 6.68. The Labute approximate surface area is 110 Å². The number of nitrogens with zero attached hydrogens (tertiary/aromatic N) is 2. The van der Waals surface area contributed by atoms with Gasteiger partial charge in [-0.2, -0.15) is 5.10 Å². The van der Waals surface area contributed by atoms with Crippen LogP contribution in [-0.4, -0.2) is 15.7 Å². The molecule has 0 aliphatic heterocycles. The largest absolute Gasteiger partial charge is 0.396 e. The Morgan fingerprint density at radius 1 is 1.53 bits per heavy atom. The van der Waals surface area contributed by atoms with Crippen molar-refractivity contribution in [3.63, 3.8) is 0 Å². The van der Waals surface area contributed by atoms with Crippen LogP contribution in [0.2, 0.25) is 0 Å². The van der Waals surface area contributed by atoms with E-state index in [1.165, 1.54) is 23.0 Å². The Morgan fingerprint density at radius 2 is 2.26 bits per heavy atom. The molecule has 0 atom stereocenters. The number of hydrogen-bond acceptors (Lipinski definition) is 3. The van der Waals surface area contributed by atoms with Crippen LogP contribution in [-0.2, 0) is 6.54 Å². The summed E-state index contributed by atoms with van der Waals surface area (Å²) >= 11 is 0. The third-order valence-corrected chi connectivity index (χ3v) is 2.80. The van der Waals surface area contributed by atoms with Gasteiger partial charge in [-0.15, -0.1) is 0 Å². The molecular weight excluding hydrogens is 247 g/mol. The molecule has 1 aromatic heterocycles. The lowest BCUT2D eigenvalue weighted by Gasteiger charge is -2.08. The van der Waals surface area contributed by atoms with Crippen LogP contribution in [0.15, 0.2) is 24.4 Å². The molecule has 2 rings (SSSR count). The quantitative estimate of drug-likeness (QED) is 0.890.